The van der Waals surface area contributed by atoms with Crippen molar-refractivity contribution in [2.75, 3.05) is 7.11 Å². The first-order valence-corrected chi connectivity index (χ1v) is 4.45. The predicted octanol–water partition coefficient (Wildman–Crippen LogP) is 0.681. The molecule has 11 heavy (non-hydrogen) atoms. The second-order valence-corrected chi connectivity index (χ2v) is 5.09. The summed E-state index contributed by atoms with van der Waals surface area (Å²) in [7, 11) is -3.03. The summed E-state index contributed by atoms with van der Waals surface area (Å²) in [6, 6.07) is 0. The summed E-state index contributed by atoms with van der Waals surface area (Å²) in [5.41, 5.74) is 0. The van der Waals surface area contributed by atoms with E-state index in [-0.39, 0.29) is 0 Å². The third-order valence-electron chi connectivity index (χ3n) is 1.48. The van der Waals surface area contributed by atoms with Crippen molar-refractivity contribution in [3.05, 3.63) is 0 Å². The van der Waals surface area contributed by atoms with Gasteiger partial charge in [0.05, 0.1) is 0 Å². The minimum absolute atomic E-state index is 1.01. The van der Waals surface area contributed by atoms with Crippen LogP contribution in [0, 0.1) is 0 Å². The molecule has 0 aromatic heterocycles. The maximum absolute atomic E-state index is 11.0. The van der Waals surface area contributed by atoms with E-state index in [4.69, 9.17) is 10.00 Å². The molecule has 0 rings (SSSR count). The van der Waals surface area contributed by atoms with Gasteiger partial charge >= 0.3 is 13.6 Å². The maximum Gasteiger partial charge on any atom is 0.344 e. The monoisotopic (exact) mass is 182 g/mol. The highest BCUT2D eigenvalue weighted by Gasteiger charge is 2.46. The van der Waals surface area contributed by atoms with Crippen LogP contribution in [0.25, 0.3) is 0 Å². The van der Waals surface area contributed by atoms with Crippen molar-refractivity contribution >= 4 is 13.6 Å². The Morgan fingerprint density at radius 2 is 1.91 bits per heavy atom. The number of aliphatic carboxylic acids is 1. The Kier molecular flexibility index (Phi) is 2.83. The molecule has 0 aliphatic carbocycles. The number of rotatable bonds is 3. The first kappa shape index (κ1) is 10.6. The lowest BCUT2D eigenvalue weighted by Crippen LogP contribution is -2.31. The summed E-state index contributed by atoms with van der Waals surface area (Å²) in [4.78, 5) is 19.4. The molecule has 0 amide bonds. The Bertz CT molecular complexity index is 209. The third-order valence-corrected chi connectivity index (χ3v) is 3.58. The van der Waals surface area contributed by atoms with Crippen LogP contribution in [0.2, 0.25) is 0 Å². The molecular weight excluding hydrogens is 171 g/mol. The van der Waals surface area contributed by atoms with Gasteiger partial charge in [-0.25, -0.2) is 0 Å². The second-order valence-electron chi connectivity index (χ2n) is 2.57. The smallest absolute Gasteiger partial charge is 0.344 e. The number of carboxylic acids is 1. The van der Waals surface area contributed by atoms with E-state index in [0.717, 1.165) is 21.0 Å². The Labute approximate surface area is 64.5 Å². The summed E-state index contributed by atoms with van der Waals surface area (Å²) >= 11 is 0. The van der Waals surface area contributed by atoms with Crippen LogP contribution < -0.4 is 0 Å². The van der Waals surface area contributed by atoms with Gasteiger partial charge in [-0.1, -0.05) is 0 Å². The van der Waals surface area contributed by atoms with Gasteiger partial charge in [0.1, 0.15) is 0 Å². The van der Waals surface area contributed by atoms with Gasteiger partial charge in [-0.15, -0.1) is 0 Å². The zero-order chi connectivity index (χ0) is 9.28. The number of carbonyl (C=O) groups is 1. The van der Waals surface area contributed by atoms with Gasteiger partial charge in [0.2, 0.25) is 0 Å². The molecular formula is C5H11O5P. The largest absolute Gasteiger partial charge is 0.480 e. The van der Waals surface area contributed by atoms with Crippen molar-refractivity contribution in [3.8, 4) is 0 Å². The molecule has 0 aromatic carbocycles. The molecule has 0 heterocycles. The summed E-state index contributed by atoms with van der Waals surface area (Å²) < 4.78 is 15.2. The minimum atomic E-state index is -4.03. The lowest BCUT2D eigenvalue weighted by atomic mass is 10.2. The van der Waals surface area contributed by atoms with E-state index in [1.165, 1.54) is 0 Å². The van der Waals surface area contributed by atoms with Gasteiger partial charge in [0.25, 0.3) is 0 Å². The lowest BCUT2D eigenvalue weighted by Gasteiger charge is -2.23. The van der Waals surface area contributed by atoms with Crippen LogP contribution in [0.1, 0.15) is 13.8 Å². The van der Waals surface area contributed by atoms with Crippen molar-refractivity contribution in [1.82, 2.24) is 0 Å². The van der Waals surface area contributed by atoms with E-state index < -0.39 is 18.7 Å². The maximum atomic E-state index is 11.0. The van der Waals surface area contributed by atoms with Crippen LogP contribution >= 0.6 is 7.60 Å². The number of hydrogen-bond donors (Lipinski definition) is 2. The van der Waals surface area contributed by atoms with Crippen molar-refractivity contribution in [2.24, 2.45) is 0 Å². The van der Waals surface area contributed by atoms with Crippen molar-refractivity contribution in [2.45, 2.75) is 19.0 Å². The van der Waals surface area contributed by atoms with E-state index in [1.54, 1.807) is 0 Å². The normalized spacial score (nSPS) is 17.5. The quantitative estimate of drug-likeness (QED) is 0.627. The molecule has 6 heteroatoms. The van der Waals surface area contributed by atoms with E-state index >= 15 is 0 Å². The van der Waals surface area contributed by atoms with Gasteiger partial charge in [-0.3, -0.25) is 9.36 Å². The van der Waals surface area contributed by atoms with Crippen LogP contribution in [0.5, 0.6) is 0 Å². The highest BCUT2D eigenvalue weighted by atomic mass is 31.2. The minimum Gasteiger partial charge on any atom is -0.480 e. The summed E-state index contributed by atoms with van der Waals surface area (Å²) in [5, 5.41) is 6.75. The average molecular weight is 182 g/mol. The molecule has 1 unspecified atom stereocenters. The number of carboxylic acid groups (broad SMARTS) is 1. The second kappa shape index (κ2) is 2.93. The van der Waals surface area contributed by atoms with Crippen molar-refractivity contribution in [1.29, 1.82) is 0 Å². The Hall–Kier alpha value is -0.380. The highest BCUT2D eigenvalue weighted by Crippen LogP contribution is 2.54. The molecule has 66 valence electrons. The van der Waals surface area contributed by atoms with Crippen LogP contribution in [-0.4, -0.2) is 28.2 Å². The van der Waals surface area contributed by atoms with Gasteiger partial charge < -0.3 is 14.5 Å². The molecule has 0 saturated carbocycles. The zero-order valence-electron chi connectivity index (χ0n) is 6.57. The standard InChI is InChI=1S/C5H11O5P/c1-5(2,4(6)7)11(8,9)10-3/h1-3H3,(H,6,7)(H,8,9). The van der Waals surface area contributed by atoms with E-state index in [1.807, 2.05) is 0 Å². The molecule has 0 aliphatic rings. The SMILES string of the molecule is COP(=O)(O)C(C)(C)C(=O)O. The fraction of sp³-hybridized carbons (Fsp3) is 0.800. The molecule has 0 bridgehead atoms. The van der Waals surface area contributed by atoms with E-state index in [2.05, 4.69) is 4.52 Å². The van der Waals surface area contributed by atoms with Crippen molar-refractivity contribution in [3.63, 3.8) is 0 Å². The van der Waals surface area contributed by atoms with Crippen molar-refractivity contribution < 1.29 is 23.9 Å². The van der Waals surface area contributed by atoms with Gasteiger partial charge in [0.15, 0.2) is 5.16 Å². The average Bonchev–Trinajstić information content (AvgIpc) is 1.87. The summed E-state index contributed by atoms with van der Waals surface area (Å²) in [6.07, 6.45) is 0. The molecule has 1 atom stereocenters. The fourth-order valence-corrected chi connectivity index (χ4v) is 1.05. The Morgan fingerprint density at radius 1 is 1.55 bits per heavy atom. The number of hydrogen-bond acceptors (Lipinski definition) is 3. The highest BCUT2D eigenvalue weighted by molar-refractivity contribution is 7.55. The van der Waals surface area contributed by atoms with Gasteiger partial charge in [0, 0.05) is 7.11 Å². The van der Waals surface area contributed by atoms with Crippen LogP contribution in [0.15, 0.2) is 0 Å². The zero-order valence-corrected chi connectivity index (χ0v) is 7.46. The molecule has 0 spiro atoms. The van der Waals surface area contributed by atoms with Crippen LogP contribution in [0.3, 0.4) is 0 Å². The lowest BCUT2D eigenvalue weighted by molar-refractivity contribution is -0.139. The van der Waals surface area contributed by atoms with Crippen LogP contribution in [0.4, 0.5) is 0 Å². The molecule has 2 N–H and O–H groups in total. The van der Waals surface area contributed by atoms with Gasteiger partial charge in [-0.05, 0) is 13.8 Å². The first-order chi connectivity index (χ1) is 4.75. The molecule has 0 saturated heterocycles. The Balaban J connectivity index is 4.83. The topological polar surface area (TPSA) is 83.8 Å². The Morgan fingerprint density at radius 3 is 2.00 bits per heavy atom. The van der Waals surface area contributed by atoms with E-state index in [9.17, 15) is 9.36 Å². The summed E-state index contributed by atoms with van der Waals surface area (Å²) in [5.74, 6) is -1.36. The first-order valence-electron chi connectivity index (χ1n) is 2.87. The molecule has 5 nitrogen and oxygen atoms in total. The molecule has 0 fully saturated rings. The van der Waals surface area contributed by atoms with Crippen LogP contribution in [-0.2, 0) is 13.9 Å². The predicted molar refractivity (Wildman–Crippen MR) is 38.5 cm³/mol. The molecule has 0 aliphatic heterocycles. The third kappa shape index (κ3) is 1.80. The fourth-order valence-electron chi connectivity index (χ4n) is 0.349. The molecule has 0 aromatic rings. The van der Waals surface area contributed by atoms with Gasteiger partial charge in [-0.2, -0.15) is 0 Å². The summed E-state index contributed by atoms with van der Waals surface area (Å²) in [6.45, 7) is 2.28. The van der Waals surface area contributed by atoms with E-state index in [0.29, 0.717) is 0 Å². The molecule has 0 radical (unpaired) electrons.